The van der Waals surface area contributed by atoms with Crippen LogP contribution in [-0.4, -0.2) is 18.0 Å². The van der Waals surface area contributed by atoms with Crippen LogP contribution in [-0.2, 0) is 9.59 Å². The number of carbonyl (C=O) groups is 2. The second-order valence-electron chi connectivity index (χ2n) is 4.19. The van der Waals surface area contributed by atoms with Gasteiger partial charge in [-0.1, -0.05) is 47.5 Å². The summed E-state index contributed by atoms with van der Waals surface area (Å²) in [4.78, 5) is 23.2. The third-order valence-electron chi connectivity index (χ3n) is 2.57. The van der Waals surface area contributed by atoms with Crippen LogP contribution in [0.5, 0.6) is 0 Å². The van der Waals surface area contributed by atoms with Gasteiger partial charge in [0.15, 0.2) is 0 Å². The number of para-hydroxylation sites is 1. The number of carbonyl (C=O) groups excluding carboxylic acids is 2. The second kappa shape index (κ2) is 7.59. The van der Waals surface area contributed by atoms with Crippen LogP contribution in [0.15, 0.2) is 53.6 Å². The molecule has 7 heteroatoms. The molecule has 0 radical (unpaired) electrons. The van der Waals surface area contributed by atoms with E-state index < -0.39 is 11.8 Å². The Kier molecular flexibility index (Phi) is 5.52. The molecule has 0 aliphatic heterocycles. The lowest BCUT2D eigenvalue weighted by Crippen LogP contribution is -2.32. The van der Waals surface area contributed by atoms with E-state index in [4.69, 9.17) is 23.2 Å². The number of amides is 2. The molecule has 2 amide bonds. The van der Waals surface area contributed by atoms with E-state index in [0.29, 0.717) is 21.3 Å². The highest BCUT2D eigenvalue weighted by Gasteiger charge is 2.12. The van der Waals surface area contributed by atoms with Crippen LogP contribution in [0.3, 0.4) is 0 Å². The van der Waals surface area contributed by atoms with E-state index in [1.54, 1.807) is 48.5 Å². The quantitative estimate of drug-likeness (QED) is 0.514. The second-order valence-corrected chi connectivity index (χ2v) is 5.03. The number of rotatable bonds is 3. The van der Waals surface area contributed by atoms with Crippen LogP contribution < -0.4 is 10.7 Å². The van der Waals surface area contributed by atoms with Crippen molar-refractivity contribution in [3.63, 3.8) is 0 Å². The van der Waals surface area contributed by atoms with Crippen LogP contribution in [0.2, 0.25) is 10.0 Å². The minimum Gasteiger partial charge on any atom is -0.318 e. The van der Waals surface area contributed by atoms with Gasteiger partial charge in [-0.15, -0.1) is 0 Å². The third kappa shape index (κ3) is 4.58. The van der Waals surface area contributed by atoms with Gasteiger partial charge in [0.1, 0.15) is 0 Å². The Morgan fingerprint density at radius 2 is 1.73 bits per heavy atom. The molecule has 0 aliphatic carbocycles. The number of nitrogens with one attached hydrogen (secondary N) is 2. The van der Waals surface area contributed by atoms with Gasteiger partial charge in [-0.3, -0.25) is 9.59 Å². The SMILES string of the molecule is O=C(N/N=C/c1ccc(Cl)cc1Cl)C(=O)Nc1ccccc1. The summed E-state index contributed by atoms with van der Waals surface area (Å²) in [5, 5.41) is 7.00. The van der Waals surface area contributed by atoms with Gasteiger partial charge < -0.3 is 5.32 Å². The zero-order valence-electron chi connectivity index (χ0n) is 11.2. The van der Waals surface area contributed by atoms with Crippen molar-refractivity contribution in [3.8, 4) is 0 Å². The molecule has 2 aromatic rings. The molecule has 0 unspecified atom stereocenters. The van der Waals surface area contributed by atoms with Gasteiger partial charge in [0, 0.05) is 16.3 Å². The highest BCUT2D eigenvalue weighted by molar-refractivity contribution is 6.39. The summed E-state index contributed by atoms with van der Waals surface area (Å²) in [5.74, 6) is -1.70. The molecule has 112 valence electrons. The molecule has 0 saturated heterocycles. The minimum absolute atomic E-state index is 0.388. The largest absolute Gasteiger partial charge is 0.329 e. The van der Waals surface area contributed by atoms with E-state index in [9.17, 15) is 9.59 Å². The summed E-state index contributed by atoms with van der Waals surface area (Å²) in [6.45, 7) is 0. The zero-order chi connectivity index (χ0) is 15.9. The van der Waals surface area contributed by atoms with E-state index in [0.717, 1.165) is 0 Å². The van der Waals surface area contributed by atoms with Crippen molar-refractivity contribution < 1.29 is 9.59 Å². The lowest BCUT2D eigenvalue weighted by Gasteiger charge is -2.03. The van der Waals surface area contributed by atoms with Gasteiger partial charge in [-0.2, -0.15) is 5.10 Å². The highest BCUT2D eigenvalue weighted by atomic mass is 35.5. The van der Waals surface area contributed by atoms with E-state index in [1.807, 2.05) is 0 Å². The van der Waals surface area contributed by atoms with Gasteiger partial charge in [-0.25, -0.2) is 5.43 Å². The van der Waals surface area contributed by atoms with Crippen molar-refractivity contribution in [1.29, 1.82) is 0 Å². The Morgan fingerprint density at radius 3 is 2.41 bits per heavy atom. The van der Waals surface area contributed by atoms with Crippen molar-refractivity contribution in [3.05, 3.63) is 64.1 Å². The van der Waals surface area contributed by atoms with Crippen LogP contribution in [0, 0.1) is 0 Å². The average molecular weight is 336 g/mol. The van der Waals surface area contributed by atoms with Crippen LogP contribution >= 0.6 is 23.2 Å². The molecule has 0 saturated carbocycles. The standard InChI is InChI=1S/C15H11Cl2N3O2/c16-11-7-6-10(13(17)8-11)9-18-20-15(22)14(21)19-12-4-2-1-3-5-12/h1-9H,(H,19,21)(H,20,22)/b18-9+. The number of hydrogen-bond donors (Lipinski definition) is 2. The molecule has 0 heterocycles. The maximum atomic E-state index is 11.6. The molecular formula is C15H11Cl2N3O2. The molecule has 5 nitrogen and oxygen atoms in total. The lowest BCUT2D eigenvalue weighted by molar-refractivity contribution is -0.136. The summed E-state index contributed by atoms with van der Waals surface area (Å²) in [5.41, 5.74) is 3.21. The zero-order valence-corrected chi connectivity index (χ0v) is 12.7. The summed E-state index contributed by atoms with van der Waals surface area (Å²) in [6.07, 6.45) is 1.33. The summed E-state index contributed by atoms with van der Waals surface area (Å²) < 4.78 is 0. The summed E-state index contributed by atoms with van der Waals surface area (Å²) in [7, 11) is 0. The fourth-order valence-corrected chi connectivity index (χ4v) is 1.98. The molecule has 22 heavy (non-hydrogen) atoms. The van der Waals surface area contributed by atoms with E-state index in [-0.39, 0.29) is 0 Å². The van der Waals surface area contributed by atoms with Crippen molar-refractivity contribution in [2.24, 2.45) is 5.10 Å². The molecule has 0 aliphatic rings. The van der Waals surface area contributed by atoms with Crippen molar-refractivity contribution in [2.45, 2.75) is 0 Å². The predicted octanol–water partition coefficient (Wildman–Crippen LogP) is 3.08. The summed E-state index contributed by atoms with van der Waals surface area (Å²) >= 11 is 11.7. The first-order valence-corrected chi connectivity index (χ1v) is 6.96. The lowest BCUT2D eigenvalue weighted by atomic mass is 10.2. The van der Waals surface area contributed by atoms with Gasteiger partial charge in [0.2, 0.25) is 0 Å². The number of hydrazone groups is 1. The molecule has 2 rings (SSSR count). The van der Waals surface area contributed by atoms with Crippen LogP contribution in [0.4, 0.5) is 5.69 Å². The molecule has 2 N–H and O–H groups in total. The van der Waals surface area contributed by atoms with Crippen molar-refractivity contribution in [2.75, 3.05) is 5.32 Å². The predicted molar refractivity (Wildman–Crippen MR) is 87.3 cm³/mol. The van der Waals surface area contributed by atoms with Crippen LogP contribution in [0.1, 0.15) is 5.56 Å². The van der Waals surface area contributed by atoms with Gasteiger partial charge in [0.25, 0.3) is 0 Å². The number of hydrogen-bond acceptors (Lipinski definition) is 3. The third-order valence-corrected chi connectivity index (χ3v) is 3.13. The van der Waals surface area contributed by atoms with Gasteiger partial charge >= 0.3 is 11.8 Å². The van der Waals surface area contributed by atoms with Crippen molar-refractivity contribution >= 4 is 46.9 Å². The topological polar surface area (TPSA) is 70.6 Å². The van der Waals surface area contributed by atoms with E-state index in [1.165, 1.54) is 6.21 Å². The first kappa shape index (κ1) is 16.0. The Morgan fingerprint density at radius 1 is 1.00 bits per heavy atom. The van der Waals surface area contributed by atoms with E-state index >= 15 is 0 Å². The summed E-state index contributed by atoms with van der Waals surface area (Å²) in [6, 6.07) is 13.5. The fourth-order valence-electron chi connectivity index (χ4n) is 1.53. The molecular weight excluding hydrogens is 325 g/mol. The number of halogens is 2. The van der Waals surface area contributed by atoms with Gasteiger partial charge in [-0.05, 0) is 24.3 Å². The number of benzene rings is 2. The maximum Gasteiger partial charge on any atom is 0.329 e. The maximum absolute atomic E-state index is 11.6. The normalized spacial score (nSPS) is 10.5. The first-order valence-electron chi connectivity index (χ1n) is 6.21. The Balaban J connectivity index is 1.92. The molecule has 0 spiro atoms. The molecule has 0 fully saturated rings. The van der Waals surface area contributed by atoms with Crippen LogP contribution in [0.25, 0.3) is 0 Å². The Hall–Kier alpha value is -2.37. The Bertz CT molecular complexity index is 718. The number of nitrogens with zero attached hydrogens (tertiary/aromatic N) is 1. The smallest absolute Gasteiger partial charge is 0.318 e. The number of anilines is 1. The fraction of sp³-hybridized carbons (Fsp3) is 0. The van der Waals surface area contributed by atoms with Crippen molar-refractivity contribution in [1.82, 2.24) is 5.43 Å². The highest BCUT2D eigenvalue weighted by Crippen LogP contribution is 2.19. The monoisotopic (exact) mass is 335 g/mol. The molecule has 0 atom stereocenters. The average Bonchev–Trinajstić information content (AvgIpc) is 2.50. The molecule has 2 aromatic carbocycles. The Labute approximate surface area is 136 Å². The first-order chi connectivity index (χ1) is 10.6. The van der Waals surface area contributed by atoms with Gasteiger partial charge in [0.05, 0.1) is 11.2 Å². The molecule has 0 aromatic heterocycles. The minimum atomic E-state index is -0.884. The molecule has 0 bridgehead atoms. The van der Waals surface area contributed by atoms with E-state index in [2.05, 4.69) is 15.8 Å².